The predicted molar refractivity (Wildman–Crippen MR) is 109 cm³/mol. The van der Waals surface area contributed by atoms with E-state index < -0.39 is 16.9 Å². The number of hydrogen-bond donors (Lipinski definition) is 1. The first-order chi connectivity index (χ1) is 12.7. The topological polar surface area (TPSA) is 55.2 Å². The summed E-state index contributed by atoms with van der Waals surface area (Å²) in [5.74, 6) is 1.88. The van der Waals surface area contributed by atoms with Gasteiger partial charge in [0.05, 0.1) is 0 Å². The summed E-state index contributed by atoms with van der Waals surface area (Å²) in [5.41, 5.74) is 0.744. The van der Waals surface area contributed by atoms with E-state index in [4.69, 9.17) is 38.8 Å². The fourth-order valence-electron chi connectivity index (χ4n) is 2.96. The first-order valence-electron chi connectivity index (χ1n) is 9.04. The van der Waals surface area contributed by atoms with Gasteiger partial charge in [-0.25, -0.2) is 0 Å². The fraction of sp³-hybridized carbons (Fsp3) is 0.579. The van der Waals surface area contributed by atoms with Crippen LogP contribution in [0.15, 0.2) is 45.2 Å². The Balaban J connectivity index is 1.96. The van der Waals surface area contributed by atoms with Crippen LogP contribution in [0.2, 0.25) is 0 Å². The molecule has 3 atom stereocenters. The summed E-state index contributed by atoms with van der Waals surface area (Å²) in [6, 6.07) is 0.227. The van der Waals surface area contributed by atoms with E-state index >= 15 is 0 Å². The molecule has 1 unspecified atom stereocenters. The molecule has 0 aromatic carbocycles. The van der Waals surface area contributed by atoms with Crippen molar-refractivity contribution < 1.29 is 22.3 Å². The number of allylic oxidation sites excluding steroid dienone is 2. The minimum atomic E-state index is -3.47. The SMILES string of the molecule is C=[CH][Ru]([Cl])([Cl])[C]1(C2=N[C@H](C(C)C)CO2)C=CC=C(C2=N[C@H](C(C)C)CO2)N1. The average molecular weight is 501 g/mol. The Hall–Kier alpha value is -0.837. The van der Waals surface area contributed by atoms with Gasteiger partial charge in [0, 0.05) is 0 Å². The van der Waals surface area contributed by atoms with Crippen LogP contribution in [0.25, 0.3) is 0 Å². The molecule has 0 amide bonds. The van der Waals surface area contributed by atoms with E-state index in [1.165, 1.54) is 0 Å². The van der Waals surface area contributed by atoms with Gasteiger partial charge in [0.25, 0.3) is 0 Å². The van der Waals surface area contributed by atoms with Crippen molar-refractivity contribution in [3.8, 4) is 0 Å². The molecule has 5 nitrogen and oxygen atoms in total. The van der Waals surface area contributed by atoms with E-state index in [-0.39, 0.29) is 12.1 Å². The van der Waals surface area contributed by atoms with Gasteiger partial charge >= 0.3 is 173 Å². The molecule has 3 heterocycles. The zero-order chi connectivity index (χ0) is 19.8. The van der Waals surface area contributed by atoms with Gasteiger partial charge in [-0.05, 0) is 0 Å². The van der Waals surface area contributed by atoms with Crippen molar-refractivity contribution in [2.75, 3.05) is 13.2 Å². The summed E-state index contributed by atoms with van der Waals surface area (Å²) >= 11 is -3.47. The van der Waals surface area contributed by atoms with Crippen LogP contribution >= 0.6 is 19.4 Å². The van der Waals surface area contributed by atoms with E-state index in [0.717, 1.165) is 5.70 Å². The molecule has 3 aliphatic rings. The third kappa shape index (κ3) is 3.86. The van der Waals surface area contributed by atoms with Crippen molar-refractivity contribution in [2.24, 2.45) is 21.8 Å². The molecule has 0 aliphatic carbocycles. The Labute approximate surface area is 172 Å². The third-order valence-electron chi connectivity index (χ3n) is 4.87. The van der Waals surface area contributed by atoms with Crippen LogP contribution in [0.5, 0.6) is 0 Å². The van der Waals surface area contributed by atoms with Crippen LogP contribution < -0.4 is 5.32 Å². The Kier molecular flexibility index (Phi) is 6.10. The molecule has 0 fully saturated rings. The Bertz CT molecular complexity index is 730. The van der Waals surface area contributed by atoms with Gasteiger partial charge in [0.1, 0.15) is 0 Å². The molecule has 8 heteroatoms. The molecule has 0 saturated heterocycles. The molecule has 27 heavy (non-hydrogen) atoms. The second-order valence-corrected chi connectivity index (χ2v) is 17.5. The average Bonchev–Trinajstić information content (AvgIpc) is 3.31. The molecule has 0 bridgehead atoms. The monoisotopic (exact) mass is 501 g/mol. The zero-order valence-electron chi connectivity index (χ0n) is 16.1. The Morgan fingerprint density at radius 1 is 1.19 bits per heavy atom. The van der Waals surface area contributed by atoms with Crippen molar-refractivity contribution >= 4 is 31.2 Å². The van der Waals surface area contributed by atoms with Crippen molar-refractivity contribution in [1.29, 1.82) is 0 Å². The first kappa shape index (κ1) is 20.9. The van der Waals surface area contributed by atoms with Gasteiger partial charge in [-0.15, -0.1) is 0 Å². The van der Waals surface area contributed by atoms with E-state index in [1.807, 2.05) is 18.2 Å². The molecule has 1 N–H and O–H groups in total. The van der Waals surface area contributed by atoms with Crippen LogP contribution in [-0.2, 0) is 22.3 Å². The summed E-state index contributed by atoms with van der Waals surface area (Å²) in [6.45, 7) is 13.5. The van der Waals surface area contributed by atoms with E-state index in [1.54, 1.807) is 4.67 Å². The van der Waals surface area contributed by atoms with Gasteiger partial charge in [0.15, 0.2) is 0 Å². The first-order valence-corrected chi connectivity index (χ1v) is 15.4. The number of rotatable bonds is 6. The number of nitrogens with zero attached hydrogens (tertiary/aromatic N) is 2. The molecule has 0 radical (unpaired) electrons. The predicted octanol–water partition coefficient (Wildman–Crippen LogP) is 4.24. The molecule has 0 aromatic heterocycles. The molecule has 0 saturated carbocycles. The summed E-state index contributed by atoms with van der Waals surface area (Å²) in [7, 11) is 13.7. The summed E-state index contributed by atoms with van der Waals surface area (Å²) in [4.78, 5) is 9.51. The van der Waals surface area contributed by atoms with Crippen molar-refractivity contribution in [3.63, 3.8) is 0 Å². The van der Waals surface area contributed by atoms with Gasteiger partial charge in [-0.1, -0.05) is 0 Å². The van der Waals surface area contributed by atoms with Gasteiger partial charge in [0.2, 0.25) is 0 Å². The Morgan fingerprint density at radius 2 is 1.81 bits per heavy atom. The second kappa shape index (κ2) is 7.89. The van der Waals surface area contributed by atoms with Crippen LogP contribution in [0, 0.1) is 11.8 Å². The number of dihydropyridines is 1. The van der Waals surface area contributed by atoms with Crippen LogP contribution in [0.4, 0.5) is 0 Å². The van der Waals surface area contributed by atoms with Gasteiger partial charge in [-0.2, -0.15) is 0 Å². The molecule has 0 spiro atoms. The van der Waals surface area contributed by atoms with Crippen molar-refractivity contribution in [3.05, 3.63) is 35.2 Å². The zero-order valence-corrected chi connectivity index (χ0v) is 19.3. The van der Waals surface area contributed by atoms with Gasteiger partial charge in [-0.3, -0.25) is 0 Å². The Morgan fingerprint density at radius 3 is 2.37 bits per heavy atom. The van der Waals surface area contributed by atoms with E-state index in [0.29, 0.717) is 36.8 Å². The van der Waals surface area contributed by atoms with E-state index in [9.17, 15) is 0 Å². The normalized spacial score (nSPS) is 31.0. The number of aliphatic imine (C=N–C) groups is 2. The minimum absolute atomic E-state index is 0.0835. The third-order valence-corrected chi connectivity index (χ3v) is 12.3. The molecular weight excluding hydrogens is 474 g/mol. The summed E-state index contributed by atoms with van der Waals surface area (Å²) in [6.07, 6.45) is 5.77. The van der Waals surface area contributed by atoms with E-state index in [2.05, 4.69) is 39.6 Å². The maximum absolute atomic E-state index is 6.85. The molecule has 3 aliphatic heterocycles. The molecule has 152 valence electrons. The van der Waals surface area contributed by atoms with Crippen LogP contribution in [-0.4, -0.2) is 41.2 Å². The fourth-order valence-corrected chi connectivity index (χ4v) is 6.93. The second-order valence-electron chi connectivity index (χ2n) is 7.46. The van der Waals surface area contributed by atoms with Gasteiger partial charge < -0.3 is 0 Å². The number of halogens is 2. The molecule has 0 aromatic rings. The quantitative estimate of drug-likeness (QED) is 0.555. The van der Waals surface area contributed by atoms with Crippen molar-refractivity contribution in [2.45, 2.75) is 43.9 Å². The number of nitrogens with one attached hydrogen (secondary N) is 1. The maximum atomic E-state index is 6.85. The standard InChI is InChI=1S/C17H24N3O2.C2H3.2ClH.Ru/c1-10(2)14-8-21-16(19-14)12-6-5-7-13(18-12)17-20-15(9-22-17)11(3)4;1-2;;;/h5-7,10-11,14-15,18H,8-9H2,1-4H3;1H,2H2;2*1H;/q;;;;+2/p-2/t14-,15-;;;;/m0..../s1. The summed E-state index contributed by atoms with van der Waals surface area (Å²) in [5, 5.41) is 3.46. The van der Waals surface area contributed by atoms with Crippen molar-refractivity contribution in [1.82, 2.24) is 5.32 Å². The molecule has 3 rings (SSSR count). The molecular formula is C19H27Cl2N3O2Ru. The number of hydrogen-bond acceptors (Lipinski definition) is 5. The van der Waals surface area contributed by atoms with Crippen LogP contribution in [0.1, 0.15) is 27.7 Å². The number of ether oxygens (including phenoxy) is 2. The van der Waals surface area contributed by atoms with Crippen LogP contribution in [0.3, 0.4) is 0 Å². The summed E-state index contributed by atoms with van der Waals surface area (Å²) < 4.78 is 12.6.